The van der Waals surface area contributed by atoms with E-state index in [9.17, 15) is 0 Å². The van der Waals surface area contributed by atoms with E-state index in [1.807, 2.05) is 0 Å². The topological polar surface area (TPSA) is 0 Å². The number of allylic oxidation sites excluding steroid dienone is 16. The molecule has 0 spiro atoms. The SMILES string of the molecule is CC(C)(C)C1=CC2C=Cc3ccc(C4=CC5=C(C=C(C6=CC7=C(CC6)c6ccccc6C7(C)C)CC5)CC4)c4c3C2C(=C1)C=C4. The minimum atomic E-state index is 0.0957. The molecule has 0 aliphatic heterocycles. The van der Waals surface area contributed by atoms with Gasteiger partial charge >= 0.3 is 0 Å². The van der Waals surface area contributed by atoms with Gasteiger partial charge in [-0.3, -0.25) is 0 Å². The highest BCUT2D eigenvalue weighted by atomic mass is 14.4. The normalized spacial score (nSPS) is 25.4. The van der Waals surface area contributed by atoms with E-state index in [1.165, 1.54) is 57.4 Å². The number of benzene rings is 2. The van der Waals surface area contributed by atoms with Crippen molar-refractivity contribution in [2.45, 2.75) is 84.5 Å². The zero-order valence-corrected chi connectivity index (χ0v) is 27.6. The molecule has 2 aromatic rings. The first-order chi connectivity index (χ1) is 21.7. The molecule has 0 nitrogen and oxygen atoms in total. The Morgan fingerprint density at radius 3 is 2.24 bits per heavy atom. The highest BCUT2D eigenvalue weighted by molar-refractivity contribution is 5.86. The van der Waals surface area contributed by atoms with E-state index in [0.29, 0.717) is 11.8 Å². The highest BCUT2D eigenvalue weighted by Gasteiger charge is 2.39. The van der Waals surface area contributed by atoms with Gasteiger partial charge in [-0.15, -0.1) is 0 Å². The Hall–Kier alpha value is -3.90. The molecule has 0 bridgehead atoms. The third-order valence-electron chi connectivity index (χ3n) is 12.0. The molecular weight excluding hydrogens is 540 g/mol. The molecule has 7 aliphatic rings. The molecule has 7 aliphatic carbocycles. The third kappa shape index (κ3) is 4.10. The minimum Gasteiger partial charge on any atom is -0.0760 e. The average Bonchev–Trinajstić information content (AvgIpc) is 3.28. The van der Waals surface area contributed by atoms with Gasteiger partial charge in [0, 0.05) is 17.3 Å². The monoisotopic (exact) mass is 584 g/mol. The summed E-state index contributed by atoms with van der Waals surface area (Å²) in [6.07, 6.45) is 29.4. The van der Waals surface area contributed by atoms with E-state index >= 15 is 0 Å². The summed E-state index contributed by atoms with van der Waals surface area (Å²) in [6, 6.07) is 13.9. The van der Waals surface area contributed by atoms with Crippen molar-refractivity contribution in [3.05, 3.63) is 151 Å². The van der Waals surface area contributed by atoms with Gasteiger partial charge in [0.2, 0.25) is 0 Å². The number of hydrogen-bond donors (Lipinski definition) is 0. The smallest absolute Gasteiger partial charge is 0.0199 e. The second-order valence-corrected chi connectivity index (χ2v) is 15.9. The van der Waals surface area contributed by atoms with E-state index in [0.717, 1.165) is 25.7 Å². The summed E-state index contributed by atoms with van der Waals surface area (Å²) in [4.78, 5) is 0. The largest absolute Gasteiger partial charge is 0.0760 e. The zero-order chi connectivity index (χ0) is 30.7. The lowest BCUT2D eigenvalue weighted by atomic mass is 9.65. The van der Waals surface area contributed by atoms with Crippen LogP contribution in [0.1, 0.15) is 112 Å². The Morgan fingerprint density at radius 1 is 0.689 bits per heavy atom. The first kappa shape index (κ1) is 27.4. The maximum absolute atomic E-state index is 2.59. The molecule has 0 heterocycles. The standard InChI is InChI=1S/C45H44/c1-44(2,3)35-24-33-15-10-27-16-19-36(39-21-18-34(25-35)42(33)43(27)39)32-14-13-28-22-29(11-12-30(28)23-32)31-17-20-38-37-8-6-7-9-40(37)45(4,5)41(38)26-31/h6-10,15-16,18-19,21-26,33,42H,11-14,17,20H2,1-5H3. The van der Waals surface area contributed by atoms with Crippen LogP contribution in [0, 0.1) is 11.3 Å². The fraction of sp³-hybridized carbons (Fsp3) is 0.333. The molecule has 224 valence electrons. The summed E-state index contributed by atoms with van der Waals surface area (Å²) in [6.45, 7) is 11.8. The molecule has 0 N–H and O–H groups in total. The second kappa shape index (κ2) is 9.56. The molecule has 0 saturated carbocycles. The van der Waals surface area contributed by atoms with Gasteiger partial charge in [-0.25, -0.2) is 0 Å². The van der Waals surface area contributed by atoms with Crippen LogP contribution in [-0.4, -0.2) is 0 Å². The van der Waals surface area contributed by atoms with Crippen molar-refractivity contribution in [1.29, 1.82) is 0 Å². The van der Waals surface area contributed by atoms with Crippen LogP contribution in [-0.2, 0) is 5.41 Å². The van der Waals surface area contributed by atoms with Crippen LogP contribution in [0.2, 0.25) is 0 Å². The van der Waals surface area contributed by atoms with Gasteiger partial charge in [0.25, 0.3) is 0 Å². The van der Waals surface area contributed by atoms with Gasteiger partial charge in [-0.1, -0.05) is 126 Å². The van der Waals surface area contributed by atoms with Crippen molar-refractivity contribution < 1.29 is 0 Å². The molecule has 0 saturated heterocycles. The van der Waals surface area contributed by atoms with Crippen LogP contribution in [0.5, 0.6) is 0 Å². The van der Waals surface area contributed by atoms with Crippen molar-refractivity contribution in [3.63, 3.8) is 0 Å². The lowest BCUT2D eigenvalue weighted by Gasteiger charge is -2.39. The minimum absolute atomic E-state index is 0.0957. The van der Waals surface area contributed by atoms with Crippen LogP contribution in [0.15, 0.2) is 118 Å². The molecule has 2 unspecified atom stereocenters. The third-order valence-corrected chi connectivity index (χ3v) is 12.0. The van der Waals surface area contributed by atoms with E-state index in [-0.39, 0.29) is 10.8 Å². The van der Waals surface area contributed by atoms with Gasteiger partial charge in [0.1, 0.15) is 0 Å². The summed E-state index contributed by atoms with van der Waals surface area (Å²) < 4.78 is 0. The molecule has 0 radical (unpaired) electrons. The molecule has 0 aromatic heterocycles. The lowest BCUT2D eigenvalue weighted by Crippen LogP contribution is -2.24. The van der Waals surface area contributed by atoms with Crippen LogP contribution in [0.25, 0.3) is 23.3 Å². The summed E-state index contributed by atoms with van der Waals surface area (Å²) in [5.74, 6) is 0.902. The summed E-state index contributed by atoms with van der Waals surface area (Å²) in [5.41, 5.74) is 23.1. The van der Waals surface area contributed by atoms with Gasteiger partial charge in [0.05, 0.1) is 0 Å². The van der Waals surface area contributed by atoms with E-state index in [1.54, 1.807) is 39.0 Å². The fourth-order valence-electron chi connectivity index (χ4n) is 9.46. The molecular formula is C45H44. The Labute approximate surface area is 269 Å². The van der Waals surface area contributed by atoms with Gasteiger partial charge in [-0.2, -0.15) is 0 Å². The van der Waals surface area contributed by atoms with Crippen LogP contribution >= 0.6 is 0 Å². The first-order valence-electron chi connectivity index (χ1n) is 17.3. The van der Waals surface area contributed by atoms with Crippen molar-refractivity contribution in [1.82, 2.24) is 0 Å². The lowest BCUT2D eigenvalue weighted by molar-refractivity contribution is 0.499. The van der Waals surface area contributed by atoms with Crippen LogP contribution in [0.4, 0.5) is 0 Å². The van der Waals surface area contributed by atoms with Crippen molar-refractivity contribution in [2.24, 2.45) is 11.3 Å². The Bertz CT molecular complexity index is 1990. The Morgan fingerprint density at radius 2 is 1.42 bits per heavy atom. The molecule has 2 atom stereocenters. The van der Waals surface area contributed by atoms with E-state index < -0.39 is 0 Å². The Kier molecular flexibility index (Phi) is 5.82. The number of fused-ring (bicyclic) bond motifs is 2. The molecule has 0 amide bonds. The molecule has 0 heteroatoms. The van der Waals surface area contributed by atoms with E-state index in [2.05, 4.69) is 126 Å². The fourth-order valence-corrected chi connectivity index (χ4v) is 9.46. The maximum atomic E-state index is 2.59. The molecule has 9 rings (SSSR count). The molecule has 45 heavy (non-hydrogen) atoms. The summed E-state index contributed by atoms with van der Waals surface area (Å²) >= 11 is 0. The van der Waals surface area contributed by atoms with Gasteiger partial charge in [0.15, 0.2) is 0 Å². The van der Waals surface area contributed by atoms with Gasteiger partial charge in [-0.05, 0) is 127 Å². The predicted octanol–water partition coefficient (Wildman–Crippen LogP) is 12.0. The average molecular weight is 585 g/mol. The zero-order valence-electron chi connectivity index (χ0n) is 27.6. The Balaban J connectivity index is 1.05. The molecule has 0 fully saturated rings. The highest BCUT2D eigenvalue weighted by Crippen LogP contribution is 2.54. The second-order valence-electron chi connectivity index (χ2n) is 15.9. The predicted molar refractivity (Wildman–Crippen MR) is 192 cm³/mol. The molecule has 2 aromatic carbocycles. The van der Waals surface area contributed by atoms with Crippen LogP contribution in [0.3, 0.4) is 0 Å². The number of rotatable bonds is 2. The van der Waals surface area contributed by atoms with Crippen molar-refractivity contribution >= 4 is 23.3 Å². The maximum Gasteiger partial charge on any atom is 0.0199 e. The first-order valence-corrected chi connectivity index (χ1v) is 17.3. The quantitative estimate of drug-likeness (QED) is 0.329. The van der Waals surface area contributed by atoms with Crippen molar-refractivity contribution in [2.75, 3.05) is 0 Å². The summed E-state index contributed by atoms with van der Waals surface area (Å²) in [5, 5.41) is 0. The van der Waals surface area contributed by atoms with E-state index in [4.69, 9.17) is 0 Å². The van der Waals surface area contributed by atoms with Crippen molar-refractivity contribution in [3.8, 4) is 0 Å². The van der Waals surface area contributed by atoms with Gasteiger partial charge < -0.3 is 0 Å². The number of hydrogen-bond acceptors (Lipinski definition) is 0. The van der Waals surface area contributed by atoms with Crippen LogP contribution < -0.4 is 0 Å². The summed E-state index contributed by atoms with van der Waals surface area (Å²) in [7, 11) is 0.